The van der Waals surface area contributed by atoms with E-state index in [1.165, 1.54) is 0 Å². The highest BCUT2D eigenvalue weighted by molar-refractivity contribution is 5.58. The van der Waals surface area contributed by atoms with Crippen LogP contribution in [0.5, 0.6) is 0 Å². The summed E-state index contributed by atoms with van der Waals surface area (Å²) in [4.78, 5) is 13.3. The zero-order valence-corrected chi connectivity index (χ0v) is 13.9. The Balaban J connectivity index is 1.94. The molecular formula is C16H20N6O. The number of hydrogen-bond acceptors (Lipinski definition) is 7. The summed E-state index contributed by atoms with van der Waals surface area (Å²) in [6.45, 7) is 8.03. The van der Waals surface area contributed by atoms with Crippen LogP contribution in [0.1, 0.15) is 34.6 Å². The minimum atomic E-state index is -0.000823. The quantitative estimate of drug-likeness (QED) is 0.835. The first-order chi connectivity index (χ1) is 11.0. The van der Waals surface area contributed by atoms with Crippen LogP contribution in [0, 0.1) is 32.1 Å². The number of rotatable bonds is 2. The summed E-state index contributed by atoms with van der Waals surface area (Å²) in [7, 11) is 2.04. The molecule has 0 saturated carbocycles. The molecule has 0 aliphatic carbocycles. The maximum Gasteiger partial charge on any atom is 0.245 e. The van der Waals surface area contributed by atoms with E-state index in [0.717, 1.165) is 30.2 Å². The predicted octanol–water partition coefficient (Wildman–Crippen LogP) is 1.75. The molecular weight excluding hydrogens is 292 g/mol. The summed E-state index contributed by atoms with van der Waals surface area (Å²) in [6, 6.07) is 4.23. The first-order valence-corrected chi connectivity index (χ1v) is 7.63. The normalized spacial score (nSPS) is 18.9. The van der Waals surface area contributed by atoms with Gasteiger partial charge in [0, 0.05) is 25.3 Å². The standard InChI is InChI=1S/C16H20N6O/c1-10-7-11(2)18-15(13(10)8-17)22-6-5-21(4)14(9-22)16-19-12(3)20-23-16/h7,14H,5-6,9H2,1-4H3. The lowest BCUT2D eigenvalue weighted by Gasteiger charge is -2.38. The van der Waals surface area contributed by atoms with Crippen LogP contribution < -0.4 is 4.90 Å². The summed E-state index contributed by atoms with van der Waals surface area (Å²) < 4.78 is 5.35. The third-order valence-electron chi connectivity index (χ3n) is 4.21. The Labute approximate surface area is 135 Å². The van der Waals surface area contributed by atoms with Crippen molar-refractivity contribution in [1.29, 1.82) is 5.26 Å². The van der Waals surface area contributed by atoms with Crippen LogP contribution in [0.2, 0.25) is 0 Å². The molecule has 1 aliphatic rings. The van der Waals surface area contributed by atoms with Gasteiger partial charge in [0.05, 0.1) is 5.56 Å². The minimum Gasteiger partial charge on any atom is -0.352 e. The molecule has 7 nitrogen and oxygen atoms in total. The highest BCUT2D eigenvalue weighted by Crippen LogP contribution is 2.28. The average molecular weight is 312 g/mol. The molecule has 1 unspecified atom stereocenters. The van der Waals surface area contributed by atoms with Crippen molar-refractivity contribution < 1.29 is 4.52 Å². The second kappa shape index (κ2) is 5.97. The fourth-order valence-electron chi connectivity index (χ4n) is 2.97. The third-order valence-corrected chi connectivity index (χ3v) is 4.21. The number of aryl methyl sites for hydroxylation is 3. The fraction of sp³-hybridized carbons (Fsp3) is 0.500. The molecule has 0 bridgehead atoms. The van der Waals surface area contributed by atoms with E-state index in [2.05, 4.69) is 31.0 Å². The van der Waals surface area contributed by atoms with E-state index >= 15 is 0 Å². The number of nitrogens with zero attached hydrogens (tertiary/aromatic N) is 6. The molecule has 0 amide bonds. The summed E-state index contributed by atoms with van der Waals surface area (Å²) in [6.07, 6.45) is 0. The summed E-state index contributed by atoms with van der Waals surface area (Å²) in [5.74, 6) is 1.99. The highest BCUT2D eigenvalue weighted by atomic mass is 16.5. The molecule has 2 aromatic rings. The Morgan fingerprint density at radius 3 is 2.70 bits per heavy atom. The molecule has 0 spiro atoms. The van der Waals surface area contributed by atoms with Crippen molar-refractivity contribution in [3.63, 3.8) is 0 Å². The molecule has 1 saturated heterocycles. The lowest BCUT2D eigenvalue weighted by Crippen LogP contribution is -2.47. The van der Waals surface area contributed by atoms with E-state index in [-0.39, 0.29) is 6.04 Å². The Morgan fingerprint density at radius 1 is 1.26 bits per heavy atom. The molecule has 1 atom stereocenters. The average Bonchev–Trinajstić information content (AvgIpc) is 2.93. The van der Waals surface area contributed by atoms with Gasteiger partial charge in [-0.15, -0.1) is 0 Å². The van der Waals surface area contributed by atoms with Gasteiger partial charge in [-0.2, -0.15) is 10.2 Å². The van der Waals surface area contributed by atoms with Crippen LogP contribution in [-0.2, 0) is 0 Å². The molecule has 120 valence electrons. The topological polar surface area (TPSA) is 82.1 Å². The maximum absolute atomic E-state index is 9.49. The number of likely N-dealkylation sites (N-methyl/N-ethyl adjacent to an activating group) is 1. The largest absolute Gasteiger partial charge is 0.352 e. The van der Waals surface area contributed by atoms with Gasteiger partial charge in [-0.25, -0.2) is 4.98 Å². The Kier molecular flexibility index (Phi) is 4.01. The van der Waals surface area contributed by atoms with Gasteiger partial charge in [0.25, 0.3) is 0 Å². The minimum absolute atomic E-state index is 0.000823. The lowest BCUT2D eigenvalue weighted by molar-refractivity contribution is 0.177. The Bertz CT molecular complexity index is 762. The van der Waals surface area contributed by atoms with Crippen LogP contribution in [-0.4, -0.2) is 46.7 Å². The first kappa shape index (κ1) is 15.4. The number of aromatic nitrogens is 3. The van der Waals surface area contributed by atoms with Crippen molar-refractivity contribution >= 4 is 5.82 Å². The second-order valence-electron chi connectivity index (χ2n) is 6.01. The first-order valence-electron chi connectivity index (χ1n) is 7.63. The van der Waals surface area contributed by atoms with Crippen LogP contribution in [0.3, 0.4) is 0 Å². The van der Waals surface area contributed by atoms with Crippen molar-refractivity contribution in [2.24, 2.45) is 0 Å². The number of hydrogen-bond donors (Lipinski definition) is 0. The van der Waals surface area contributed by atoms with E-state index < -0.39 is 0 Å². The summed E-state index contributed by atoms with van der Waals surface area (Å²) in [5, 5.41) is 13.4. The third kappa shape index (κ3) is 2.90. The van der Waals surface area contributed by atoms with E-state index in [9.17, 15) is 5.26 Å². The maximum atomic E-state index is 9.49. The predicted molar refractivity (Wildman–Crippen MR) is 85.0 cm³/mol. The van der Waals surface area contributed by atoms with Crippen LogP contribution in [0.15, 0.2) is 10.6 Å². The summed E-state index contributed by atoms with van der Waals surface area (Å²) >= 11 is 0. The molecule has 0 N–H and O–H groups in total. The van der Waals surface area contributed by atoms with Crippen molar-refractivity contribution in [2.75, 3.05) is 31.6 Å². The van der Waals surface area contributed by atoms with Crippen molar-refractivity contribution in [2.45, 2.75) is 26.8 Å². The zero-order valence-electron chi connectivity index (χ0n) is 13.9. The van der Waals surface area contributed by atoms with E-state index in [0.29, 0.717) is 23.8 Å². The van der Waals surface area contributed by atoms with Gasteiger partial charge in [-0.1, -0.05) is 5.16 Å². The zero-order chi connectivity index (χ0) is 16.6. The smallest absolute Gasteiger partial charge is 0.245 e. The van der Waals surface area contributed by atoms with Gasteiger partial charge in [0.15, 0.2) is 5.82 Å². The van der Waals surface area contributed by atoms with Crippen molar-refractivity contribution in [3.8, 4) is 6.07 Å². The SMILES string of the molecule is Cc1cc(C)c(C#N)c(N2CCN(C)C(c3nc(C)no3)C2)n1. The highest BCUT2D eigenvalue weighted by Gasteiger charge is 2.31. The fourth-order valence-corrected chi connectivity index (χ4v) is 2.97. The molecule has 0 radical (unpaired) electrons. The van der Waals surface area contributed by atoms with Gasteiger partial charge < -0.3 is 9.42 Å². The number of anilines is 1. The van der Waals surface area contributed by atoms with E-state index in [4.69, 9.17) is 4.52 Å². The summed E-state index contributed by atoms with van der Waals surface area (Å²) in [5.41, 5.74) is 2.51. The molecule has 23 heavy (non-hydrogen) atoms. The van der Waals surface area contributed by atoms with E-state index in [1.807, 2.05) is 33.9 Å². The van der Waals surface area contributed by atoms with E-state index in [1.54, 1.807) is 0 Å². The van der Waals surface area contributed by atoms with Crippen LogP contribution >= 0.6 is 0 Å². The molecule has 3 rings (SSSR count). The van der Waals surface area contributed by atoms with Crippen LogP contribution in [0.4, 0.5) is 5.82 Å². The molecule has 1 aliphatic heterocycles. The second-order valence-corrected chi connectivity index (χ2v) is 6.01. The van der Waals surface area contributed by atoms with Gasteiger partial charge in [0.1, 0.15) is 17.9 Å². The van der Waals surface area contributed by atoms with Crippen LogP contribution in [0.25, 0.3) is 0 Å². The van der Waals surface area contributed by atoms with Gasteiger partial charge in [0.2, 0.25) is 5.89 Å². The van der Waals surface area contributed by atoms with Crippen molar-refractivity contribution in [1.82, 2.24) is 20.0 Å². The lowest BCUT2D eigenvalue weighted by atomic mass is 10.1. The van der Waals surface area contributed by atoms with Gasteiger partial charge >= 0.3 is 0 Å². The number of nitriles is 1. The number of piperazine rings is 1. The molecule has 7 heteroatoms. The number of pyridine rings is 1. The van der Waals surface area contributed by atoms with Gasteiger partial charge in [-0.3, -0.25) is 4.90 Å². The Morgan fingerprint density at radius 2 is 2.04 bits per heavy atom. The Hall–Kier alpha value is -2.46. The van der Waals surface area contributed by atoms with Gasteiger partial charge in [-0.05, 0) is 39.4 Å². The molecule has 3 heterocycles. The molecule has 2 aromatic heterocycles. The monoisotopic (exact) mass is 312 g/mol. The molecule has 0 aromatic carbocycles. The van der Waals surface area contributed by atoms with Crippen molar-refractivity contribution in [3.05, 3.63) is 34.6 Å². The molecule has 1 fully saturated rings.